The first-order chi connectivity index (χ1) is 7.67. The van der Waals surface area contributed by atoms with Gasteiger partial charge in [0.25, 0.3) is 0 Å². The van der Waals surface area contributed by atoms with Gasteiger partial charge in [-0.3, -0.25) is 4.79 Å². The second-order valence-corrected chi connectivity index (χ2v) is 7.46. The van der Waals surface area contributed by atoms with Crippen LogP contribution in [-0.4, -0.2) is 16.6 Å². The number of nitrogens with one attached hydrogen (secondary N) is 1. The van der Waals surface area contributed by atoms with Crippen LogP contribution in [0, 0.1) is 5.41 Å². The van der Waals surface area contributed by atoms with Crippen LogP contribution in [0.4, 0.5) is 0 Å². The minimum absolute atomic E-state index is 0.479. The molecule has 0 radical (unpaired) electrons. The van der Waals surface area contributed by atoms with Gasteiger partial charge in [-0.05, 0) is 60.6 Å². The molecule has 0 unspecified atom stereocenters. The van der Waals surface area contributed by atoms with Crippen LogP contribution >= 0.6 is 27.3 Å². The smallest absolute Gasteiger partial charge is 0.310 e. The summed E-state index contributed by atoms with van der Waals surface area (Å²) in [5.41, 5.74) is -0.135. The van der Waals surface area contributed by atoms with Crippen molar-refractivity contribution in [2.24, 2.45) is 5.41 Å². The number of hydrogen-bond acceptors (Lipinski definition) is 3. The molecule has 3 nitrogen and oxygen atoms in total. The molecule has 0 amide bonds. The van der Waals surface area contributed by atoms with E-state index in [1.54, 1.807) is 25.2 Å². The minimum atomic E-state index is -0.819. The Morgan fingerprint density at radius 2 is 2.06 bits per heavy atom. The molecule has 0 fully saturated rings. The van der Waals surface area contributed by atoms with E-state index in [-0.39, 0.29) is 0 Å². The maximum Gasteiger partial charge on any atom is 0.310 e. The number of carboxylic acid groups (broad SMARTS) is 1. The summed E-state index contributed by atoms with van der Waals surface area (Å²) in [4.78, 5) is 11.2. The highest BCUT2D eigenvalue weighted by Gasteiger charge is 2.42. The second kappa shape index (κ2) is 5.08. The zero-order valence-electron chi connectivity index (χ0n) is 10.5. The summed E-state index contributed by atoms with van der Waals surface area (Å²) < 4.78 is 1.09. The zero-order valence-corrected chi connectivity index (χ0v) is 12.9. The van der Waals surface area contributed by atoms with E-state index < -0.39 is 16.9 Å². The Hall–Kier alpha value is -0.390. The first-order valence-corrected chi connectivity index (χ1v) is 7.05. The van der Waals surface area contributed by atoms with Crippen molar-refractivity contribution in [3.8, 4) is 0 Å². The molecule has 0 aliphatic rings. The largest absolute Gasteiger partial charge is 0.481 e. The van der Waals surface area contributed by atoms with Crippen molar-refractivity contribution < 1.29 is 9.90 Å². The Morgan fingerprint density at radius 1 is 1.47 bits per heavy atom. The topological polar surface area (TPSA) is 49.3 Å². The summed E-state index contributed by atoms with van der Waals surface area (Å²) in [6, 6.07) is 2.04. The zero-order chi connectivity index (χ0) is 13.3. The monoisotopic (exact) mass is 319 g/mol. The molecular weight excluding hydrogens is 302 g/mol. The Kier molecular flexibility index (Phi) is 4.38. The third-order valence-corrected chi connectivity index (χ3v) is 5.01. The third-order valence-electron chi connectivity index (χ3n) is 3.45. The Morgan fingerprint density at radius 3 is 2.47 bits per heavy atom. The van der Waals surface area contributed by atoms with Gasteiger partial charge >= 0.3 is 5.97 Å². The number of aliphatic carboxylic acids is 1. The van der Waals surface area contributed by atoms with Crippen LogP contribution in [0.15, 0.2) is 15.2 Å². The average molecular weight is 320 g/mol. The van der Waals surface area contributed by atoms with E-state index in [0.717, 1.165) is 9.35 Å². The molecule has 96 valence electrons. The van der Waals surface area contributed by atoms with Gasteiger partial charge in [0, 0.05) is 12.1 Å². The third kappa shape index (κ3) is 3.30. The molecule has 2 N–H and O–H groups in total. The number of rotatable bonds is 5. The number of carboxylic acids is 1. The van der Waals surface area contributed by atoms with Crippen molar-refractivity contribution in [3.63, 3.8) is 0 Å². The molecule has 0 saturated heterocycles. The lowest BCUT2D eigenvalue weighted by molar-refractivity contribution is -0.151. The van der Waals surface area contributed by atoms with E-state index in [2.05, 4.69) is 26.6 Å². The molecule has 17 heavy (non-hydrogen) atoms. The summed E-state index contributed by atoms with van der Waals surface area (Å²) in [6.07, 6.45) is 0. The molecule has 0 saturated carbocycles. The summed E-state index contributed by atoms with van der Waals surface area (Å²) in [5, 5.41) is 14.6. The van der Waals surface area contributed by atoms with Crippen LogP contribution in [0.3, 0.4) is 0 Å². The fourth-order valence-corrected chi connectivity index (χ4v) is 2.46. The van der Waals surface area contributed by atoms with Gasteiger partial charge in [0.1, 0.15) is 0 Å². The standard InChI is InChI=1S/C12H18BrNO2S/c1-11(2,10(15)16)12(3,4)14-6-8-5-9(13)17-7-8/h5,7,14H,6H2,1-4H3,(H,15,16). The molecule has 0 bridgehead atoms. The lowest BCUT2D eigenvalue weighted by Crippen LogP contribution is -2.54. The highest BCUT2D eigenvalue weighted by molar-refractivity contribution is 9.11. The van der Waals surface area contributed by atoms with Gasteiger partial charge in [0.15, 0.2) is 0 Å². The second-order valence-electron chi connectivity index (χ2n) is 5.17. The van der Waals surface area contributed by atoms with Crippen LogP contribution in [-0.2, 0) is 11.3 Å². The summed E-state index contributed by atoms with van der Waals surface area (Å²) in [7, 11) is 0. The molecule has 0 aliphatic carbocycles. The summed E-state index contributed by atoms with van der Waals surface area (Å²) in [6.45, 7) is 7.99. The highest BCUT2D eigenvalue weighted by atomic mass is 79.9. The van der Waals surface area contributed by atoms with Gasteiger partial charge in [-0.25, -0.2) is 0 Å². The van der Waals surface area contributed by atoms with Gasteiger partial charge in [-0.15, -0.1) is 11.3 Å². The van der Waals surface area contributed by atoms with E-state index in [0.29, 0.717) is 6.54 Å². The first kappa shape index (κ1) is 14.7. The van der Waals surface area contributed by atoms with Crippen LogP contribution in [0.25, 0.3) is 0 Å². The fourth-order valence-electron chi connectivity index (χ4n) is 1.25. The van der Waals surface area contributed by atoms with E-state index in [9.17, 15) is 9.90 Å². The number of halogens is 1. The fraction of sp³-hybridized carbons (Fsp3) is 0.583. The van der Waals surface area contributed by atoms with Gasteiger partial charge < -0.3 is 10.4 Å². The molecular formula is C12H18BrNO2S. The maximum atomic E-state index is 11.2. The van der Waals surface area contributed by atoms with E-state index in [1.165, 1.54) is 0 Å². The van der Waals surface area contributed by atoms with Gasteiger partial charge in [0.05, 0.1) is 9.20 Å². The lowest BCUT2D eigenvalue weighted by Gasteiger charge is -2.39. The van der Waals surface area contributed by atoms with E-state index >= 15 is 0 Å². The van der Waals surface area contributed by atoms with Crippen LogP contribution in [0.2, 0.25) is 0 Å². The molecule has 1 aromatic rings. The molecule has 5 heteroatoms. The minimum Gasteiger partial charge on any atom is -0.481 e. The molecule has 0 aromatic carbocycles. The lowest BCUT2D eigenvalue weighted by atomic mass is 9.74. The van der Waals surface area contributed by atoms with Crippen molar-refractivity contribution in [1.29, 1.82) is 0 Å². The SMILES string of the molecule is CC(C)(NCc1csc(Br)c1)C(C)(C)C(=O)O. The predicted molar refractivity (Wildman–Crippen MR) is 74.4 cm³/mol. The van der Waals surface area contributed by atoms with Crippen molar-refractivity contribution in [3.05, 3.63) is 20.8 Å². The first-order valence-electron chi connectivity index (χ1n) is 5.38. The van der Waals surface area contributed by atoms with Gasteiger partial charge in [-0.1, -0.05) is 0 Å². The van der Waals surface area contributed by atoms with Gasteiger partial charge in [-0.2, -0.15) is 0 Å². The van der Waals surface area contributed by atoms with Crippen molar-refractivity contribution >= 4 is 33.2 Å². The highest BCUT2D eigenvalue weighted by Crippen LogP contribution is 2.31. The molecule has 1 aromatic heterocycles. The number of thiophene rings is 1. The van der Waals surface area contributed by atoms with Crippen molar-refractivity contribution in [1.82, 2.24) is 5.32 Å². The van der Waals surface area contributed by atoms with E-state index in [1.807, 2.05) is 19.9 Å². The van der Waals surface area contributed by atoms with Crippen molar-refractivity contribution in [2.45, 2.75) is 39.8 Å². The van der Waals surface area contributed by atoms with Gasteiger partial charge in [0.2, 0.25) is 0 Å². The predicted octanol–water partition coefficient (Wildman–Crippen LogP) is 3.49. The number of carbonyl (C=O) groups is 1. The number of hydrogen-bond donors (Lipinski definition) is 2. The molecule has 1 rings (SSSR count). The van der Waals surface area contributed by atoms with Crippen LogP contribution < -0.4 is 5.32 Å². The van der Waals surface area contributed by atoms with Crippen molar-refractivity contribution in [2.75, 3.05) is 0 Å². The normalized spacial score (nSPS) is 12.8. The summed E-state index contributed by atoms with van der Waals surface area (Å²) in [5.74, 6) is -0.790. The average Bonchev–Trinajstić information content (AvgIpc) is 2.61. The molecule has 0 aliphatic heterocycles. The molecule has 1 heterocycles. The van der Waals surface area contributed by atoms with Crippen LogP contribution in [0.1, 0.15) is 33.3 Å². The van der Waals surface area contributed by atoms with Crippen LogP contribution in [0.5, 0.6) is 0 Å². The Bertz CT molecular complexity index is 412. The molecule has 0 atom stereocenters. The Labute approximate surface area is 114 Å². The quantitative estimate of drug-likeness (QED) is 0.873. The maximum absolute atomic E-state index is 11.2. The van der Waals surface area contributed by atoms with E-state index in [4.69, 9.17) is 0 Å². The molecule has 0 spiro atoms. The summed E-state index contributed by atoms with van der Waals surface area (Å²) >= 11 is 5.04. The Balaban J connectivity index is 2.70.